The van der Waals surface area contributed by atoms with Gasteiger partial charge in [-0.1, -0.05) is 37.3 Å². The fraction of sp³-hybridized carbons (Fsp3) is 0.562. The van der Waals surface area contributed by atoms with Crippen LogP contribution in [0.5, 0.6) is 0 Å². The summed E-state index contributed by atoms with van der Waals surface area (Å²) in [4.78, 5) is 16.5. The van der Waals surface area contributed by atoms with Crippen LogP contribution in [0.1, 0.15) is 25.8 Å². The van der Waals surface area contributed by atoms with Gasteiger partial charge in [-0.3, -0.25) is 4.79 Å². The van der Waals surface area contributed by atoms with E-state index in [1.165, 1.54) is 0 Å². The Balaban J connectivity index is 2.82. The summed E-state index contributed by atoms with van der Waals surface area (Å²) in [6, 6.07) is 10.0. The molecule has 0 aliphatic rings. The summed E-state index contributed by atoms with van der Waals surface area (Å²) in [5.41, 5.74) is 6.46. The molecule has 4 heteroatoms. The Hall–Kier alpha value is -1.39. The molecule has 0 saturated carbocycles. The average Bonchev–Trinajstić information content (AvgIpc) is 2.43. The first-order valence-corrected chi connectivity index (χ1v) is 7.13. The van der Waals surface area contributed by atoms with Crippen LogP contribution in [0.2, 0.25) is 0 Å². The molecule has 1 amide bonds. The molecule has 0 aliphatic carbocycles. The molecule has 1 rings (SSSR count). The number of hydrogen-bond acceptors (Lipinski definition) is 3. The van der Waals surface area contributed by atoms with Gasteiger partial charge in [-0.2, -0.15) is 0 Å². The summed E-state index contributed by atoms with van der Waals surface area (Å²) in [6.45, 7) is 5.89. The van der Waals surface area contributed by atoms with E-state index in [1.54, 1.807) is 0 Å². The van der Waals surface area contributed by atoms with Crippen LogP contribution in [0.15, 0.2) is 30.3 Å². The first-order valence-electron chi connectivity index (χ1n) is 7.13. The van der Waals surface area contributed by atoms with E-state index in [2.05, 4.69) is 4.90 Å². The molecule has 2 N–H and O–H groups in total. The number of nitrogens with two attached hydrogens (primary N) is 1. The van der Waals surface area contributed by atoms with E-state index in [0.29, 0.717) is 19.5 Å². The Morgan fingerprint density at radius 2 is 1.80 bits per heavy atom. The molecule has 0 bridgehead atoms. The lowest BCUT2D eigenvalue weighted by Gasteiger charge is -2.32. The maximum atomic E-state index is 12.6. The second-order valence-electron chi connectivity index (χ2n) is 5.79. The van der Waals surface area contributed by atoms with Crippen LogP contribution in [0.4, 0.5) is 0 Å². The summed E-state index contributed by atoms with van der Waals surface area (Å²) in [6.07, 6.45) is 0.638. The van der Waals surface area contributed by atoms with E-state index in [4.69, 9.17) is 5.73 Å². The Morgan fingerprint density at radius 1 is 1.20 bits per heavy atom. The van der Waals surface area contributed by atoms with Crippen LogP contribution in [0.25, 0.3) is 0 Å². The summed E-state index contributed by atoms with van der Waals surface area (Å²) in [7, 11) is 4.01. The van der Waals surface area contributed by atoms with Gasteiger partial charge in [0.25, 0.3) is 0 Å². The van der Waals surface area contributed by atoms with Crippen molar-refractivity contribution in [2.45, 2.75) is 32.4 Å². The molecule has 1 aromatic carbocycles. The Bertz CT molecular complexity index is 415. The number of hydrogen-bond donors (Lipinski definition) is 1. The van der Waals surface area contributed by atoms with Crippen molar-refractivity contribution >= 4 is 5.91 Å². The van der Waals surface area contributed by atoms with Crippen molar-refractivity contribution in [2.75, 3.05) is 27.2 Å². The smallest absolute Gasteiger partial charge is 0.242 e. The van der Waals surface area contributed by atoms with Crippen LogP contribution in [-0.4, -0.2) is 48.4 Å². The predicted octanol–water partition coefficient (Wildman–Crippen LogP) is 1.70. The molecular formula is C16H27N3O. The zero-order valence-electron chi connectivity index (χ0n) is 13.1. The quantitative estimate of drug-likeness (QED) is 0.825. The fourth-order valence-corrected chi connectivity index (χ4v) is 1.89. The second kappa shape index (κ2) is 7.41. The molecule has 112 valence electrons. The fourth-order valence-electron chi connectivity index (χ4n) is 1.89. The zero-order valence-corrected chi connectivity index (χ0v) is 13.1. The predicted molar refractivity (Wildman–Crippen MR) is 83.3 cm³/mol. The molecule has 1 atom stereocenters. The van der Waals surface area contributed by atoms with Crippen LogP contribution >= 0.6 is 0 Å². The molecule has 0 fully saturated rings. The van der Waals surface area contributed by atoms with Crippen molar-refractivity contribution in [2.24, 2.45) is 5.73 Å². The SMILES string of the molecule is CCC(C)(N)C(=O)N(CCN(C)C)Cc1ccccc1. The molecule has 0 spiro atoms. The number of amides is 1. The minimum atomic E-state index is -0.791. The lowest BCUT2D eigenvalue weighted by atomic mass is 9.98. The maximum absolute atomic E-state index is 12.6. The highest BCUT2D eigenvalue weighted by Gasteiger charge is 2.30. The van der Waals surface area contributed by atoms with Crippen molar-refractivity contribution < 1.29 is 4.79 Å². The molecule has 0 heterocycles. The summed E-state index contributed by atoms with van der Waals surface area (Å²) < 4.78 is 0. The molecule has 0 radical (unpaired) electrons. The molecule has 0 aromatic heterocycles. The van der Waals surface area contributed by atoms with Crippen LogP contribution in [-0.2, 0) is 11.3 Å². The largest absolute Gasteiger partial charge is 0.336 e. The zero-order chi connectivity index (χ0) is 15.2. The molecule has 0 aliphatic heterocycles. The number of rotatable bonds is 7. The van der Waals surface area contributed by atoms with E-state index in [1.807, 2.05) is 63.2 Å². The third kappa shape index (κ3) is 4.94. The maximum Gasteiger partial charge on any atom is 0.242 e. The van der Waals surface area contributed by atoms with E-state index >= 15 is 0 Å². The number of benzene rings is 1. The molecule has 0 saturated heterocycles. The van der Waals surface area contributed by atoms with Gasteiger partial charge < -0.3 is 15.5 Å². The monoisotopic (exact) mass is 277 g/mol. The van der Waals surface area contributed by atoms with Crippen molar-refractivity contribution in [3.8, 4) is 0 Å². The highest BCUT2D eigenvalue weighted by molar-refractivity contribution is 5.85. The Morgan fingerprint density at radius 3 is 2.30 bits per heavy atom. The Labute approximate surface area is 122 Å². The average molecular weight is 277 g/mol. The Kier molecular flexibility index (Phi) is 6.17. The van der Waals surface area contributed by atoms with E-state index < -0.39 is 5.54 Å². The topological polar surface area (TPSA) is 49.6 Å². The highest BCUT2D eigenvalue weighted by Crippen LogP contribution is 2.13. The van der Waals surface area contributed by atoms with Crippen molar-refractivity contribution in [3.05, 3.63) is 35.9 Å². The third-order valence-electron chi connectivity index (χ3n) is 3.54. The number of carbonyl (C=O) groups excluding carboxylic acids is 1. The van der Waals surface area contributed by atoms with Gasteiger partial charge in [0, 0.05) is 19.6 Å². The van der Waals surface area contributed by atoms with Crippen molar-refractivity contribution in [3.63, 3.8) is 0 Å². The summed E-state index contributed by atoms with van der Waals surface area (Å²) in [5, 5.41) is 0. The third-order valence-corrected chi connectivity index (χ3v) is 3.54. The standard InChI is InChI=1S/C16H27N3O/c1-5-16(2,17)15(20)19(12-11-18(3)4)13-14-9-7-6-8-10-14/h6-10H,5,11-13,17H2,1-4H3. The van der Waals surface area contributed by atoms with Crippen LogP contribution < -0.4 is 5.73 Å². The van der Waals surface area contributed by atoms with Crippen molar-refractivity contribution in [1.29, 1.82) is 0 Å². The minimum absolute atomic E-state index is 0.0192. The van der Waals surface area contributed by atoms with Gasteiger partial charge in [0.2, 0.25) is 5.91 Å². The summed E-state index contributed by atoms with van der Waals surface area (Å²) in [5.74, 6) is 0.0192. The number of nitrogens with zero attached hydrogens (tertiary/aromatic N) is 2. The van der Waals surface area contributed by atoms with Gasteiger partial charge in [0.15, 0.2) is 0 Å². The van der Waals surface area contributed by atoms with Gasteiger partial charge in [-0.25, -0.2) is 0 Å². The molecular weight excluding hydrogens is 250 g/mol. The van der Waals surface area contributed by atoms with E-state index in [-0.39, 0.29) is 5.91 Å². The lowest BCUT2D eigenvalue weighted by molar-refractivity contribution is -0.137. The molecule has 4 nitrogen and oxygen atoms in total. The highest BCUT2D eigenvalue weighted by atomic mass is 16.2. The number of carbonyl (C=O) groups is 1. The molecule has 20 heavy (non-hydrogen) atoms. The molecule has 1 unspecified atom stereocenters. The van der Waals surface area contributed by atoms with Gasteiger partial charge in [0.1, 0.15) is 0 Å². The van der Waals surface area contributed by atoms with Gasteiger partial charge >= 0.3 is 0 Å². The normalized spacial score (nSPS) is 14.1. The van der Waals surface area contributed by atoms with Gasteiger partial charge in [-0.05, 0) is 33.0 Å². The first kappa shape index (κ1) is 16.7. The van der Waals surface area contributed by atoms with Crippen LogP contribution in [0, 0.1) is 0 Å². The summed E-state index contributed by atoms with van der Waals surface area (Å²) >= 11 is 0. The van der Waals surface area contributed by atoms with Gasteiger partial charge in [0.05, 0.1) is 5.54 Å². The number of likely N-dealkylation sites (N-methyl/N-ethyl adjacent to an activating group) is 1. The lowest BCUT2D eigenvalue weighted by Crippen LogP contribution is -2.53. The van der Waals surface area contributed by atoms with Crippen molar-refractivity contribution in [1.82, 2.24) is 9.80 Å². The van der Waals surface area contributed by atoms with Crippen LogP contribution in [0.3, 0.4) is 0 Å². The van der Waals surface area contributed by atoms with E-state index in [9.17, 15) is 4.79 Å². The van der Waals surface area contributed by atoms with Gasteiger partial charge in [-0.15, -0.1) is 0 Å². The van der Waals surface area contributed by atoms with E-state index in [0.717, 1.165) is 12.1 Å². The molecule has 1 aromatic rings. The minimum Gasteiger partial charge on any atom is -0.336 e. The first-order chi connectivity index (χ1) is 9.36. The second-order valence-corrected chi connectivity index (χ2v) is 5.79.